The first kappa shape index (κ1) is 17.0. The number of fused-ring (bicyclic) bond motifs is 1. The van der Waals surface area contributed by atoms with Crippen LogP contribution in [0.5, 0.6) is 0 Å². The van der Waals surface area contributed by atoms with Gasteiger partial charge >= 0.3 is 0 Å². The first-order valence-electron chi connectivity index (χ1n) is 8.26. The van der Waals surface area contributed by atoms with Crippen LogP contribution < -0.4 is 10.2 Å². The first-order valence-corrected chi connectivity index (χ1v) is 9.01. The molecule has 1 aliphatic rings. The SMILES string of the molecule is O=C(Nc1nc2ccccc2nc1N1CCCC1)c1cnc(Cl)c(Cl)c1. The molecule has 1 saturated heterocycles. The number of pyridine rings is 1. The standard InChI is InChI=1S/C18H15Cl2N5O/c19-12-9-11(10-21-15(12)20)18(26)24-16-17(25-7-3-4-8-25)23-14-6-2-1-5-13(14)22-16/h1-2,5-6,9-10H,3-4,7-8H2,(H,22,24,26). The molecule has 0 unspecified atom stereocenters. The molecule has 6 nitrogen and oxygen atoms in total. The Balaban J connectivity index is 1.72. The van der Waals surface area contributed by atoms with Crippen molar-refractivity contribution in [1.29, 1.82) is 0 Å². The lowest BCUT2D eigenvalue weighted by Crippen LogP contribution is -2.23. The topological polar surface area (TPSA) is 71.0 Å². The van der Waals surface area contributed by atoms with Gasteiger partial charge in [0.25, 0.3) is 5.91 Å². The molecule has 4 rings (SSSR count). The number of hydrogen-bond acceptors (Lipinski definition) is 5. The Kier molecular flexibility index (Phi) is 4.61. The molecule has 0 saturated carbocycles. The lowest BCUT2D eigenvalue weighted by atomic mass is 10.2. The Morgan fingerprint density at radius 1 is 1.08 bits per heavy atom. The zero-order valence-electron chi connectivity index (χ0n) is 13.7. The normalized spacial score (nSPS) is 14.0. The second kappa shape index (κ2) is 7.05. The molecule has 0 radical (unpaired) electrons. The molecule has 3 aromatic rings. The van der Waals surface area contributed by atoms with Gasteiger partial charge in [-0.1, -0.05) is 35.3 Å². The zero-order valence-corrected chi connectivity index (χ0v) is 15.3. The van der Waals surface area contributed by atoms with Gasteiger partial charge in [-0.15, -0.1) is 0 Å². The van der Waals surface area contributed by atoms with Gasteiger partial charge in [0, 0.05) is 19.3 Å². The van der Waals surface area contributed by atoms with Crippen LogP contribution in [0, 0.1) is 0 Å². The molecule has 0 spiro atoms. The van der Waals surface area contributed by atoms with Gasteiger partial charge in [-0.05, 0) is 31.0 Å². The van der Waals surface area contributed by atoms with Gasteiger partial charge in [-0.25, -0.2) is 15.0 Å². The molecule has 3 heterocycles. The van der Waals surface area contributed by atoms with Crippen molar-refractivity contribution in [2.45, 2.75) is 12.8 Å². The summed E-state index contributed by atoms with van der Waals surface area (Å²) in [7, 11) is 0. The van der Waals surface area contributed by atoms with Crippen LogP contribution in [0.2, 0.25) is 10.2 Å². The second-order valence-electron chi connectivity index (χ2n) is 6.03. The molecular formula is C18H15Cl2N5O. The van der Waals surface area contributed by atoms with Crippen molar-refractivity contribution in [3.63, 3.8) is 0 Å². The molecule has 0 atom stereocenters. The molecule has 0 bridgehead atoms. The summed E-state index contributed by atoms with van der Waals surface area (Å²) in [6, 6.07) is 9.07. The van der Waals surface area contributed by atoms with E-state index in [9.17, 15) is 4.79 Å². The summed E-state index contributed by atoms with van der Waals surface area (Å²) >= 11 is 11.8. The van der Waals surface area contributed by atoms with Crippen LogP contribution in [0.25, 0.3) is 11.0 Å². The predicted molar refractivity (Wildman–Crippen MR) is 103 cm³/mol. The van der Waals surface area contributed by atoms with E-state index in [2.05, 4.69) is 20.2 Å². The number of nitrogens with zero attached hydrogens (tertiary/aromatic N) is 4. The van der Waals surface area contributed by atoms with Gasteiger partial charge in [0.1, 0.15) is 5.15 Å². The van der Waals surface area contributed by atoms with E-state index in [4.69, 9.17) is 28.2 Å². The number of carbonyl (C=O) groups excluding carboxylic acids is 1. The number of nitrogens with one attached hydrogen (secondary N) is 1. The number of carbonyl (C=O) groups is 1. The van der Waals surface area contributed by atoms with Crippen molar-refractivity contribution in [1.82, 2.24) is 15.0 Å². The van der Waals surface area contributed by atoms with Crippen LogP contribution in [0.4, 0.5) is 11.6 Å². The molecule has 1 amide bonds. The molecule has 1 aromatic carbocycles. The van der Waals surface area contributed by atoms with E-state index in [1.807, 2.05) is 24.3 Å². The fourth-order valence-electron chi connectivity index (χ4n) is 2.95. The summed E-state index contributed by atoms with van der Waals surface area (Å²) < 4.78 is 0. The van der Waals surface area contributed by atoms with Crippen molar-refractivity contribution in [2.75, 3.05) is 23.3 Å². The number of hydrogen-bond donors (Lipinski definition) is 1. The maximum absolute atomic E-state index is 12.6. The third-order valence-corrected chi connectivity index (χ3v) is 4.93. The van der Waals surface area contributed by atoms with E-state index < -0.39 is 0 Å². The zero-order chi connectivity index (χ0) is 18.1. The molecule has 1 aliphatic heterocycles. The fraction of sp³-hybridized carbons (Fsp3) is 0.222. The van der Waals surface area contributed by atoms with E-state index >= 15 is 0 Å². The van der Waals surface area contributed by atoms with E-state index in [0.29, 0.717) is 17.2 Å². The fourth-order valence-corrected chi connectivity index (χ4v) is 3.22. The number of aromatic nitrogens is 3. The molecule has 8 heteroatoms. The van der Waals surface area contributed by atoms with Crippen LogP contribution >= 0.6 is 23.2 Å². The Morgan fingerprint density at radius 3 is 2.46 bits per heavy atom. The highest BCUT2D eigenvalue weighted by Crippen LogP contribution is 2.28. The summed E-state index contributed by atoms with van der Waals surface area (Å²) in [4.78, 5) is 28.0. The summed E-state index contributed by atoms with van der Waals surface area (Å²) in [5.41, 5.74) is 1.82. The number of benzene rings is 1. The molecule has 132 valence electrons. The smallest absolute Gasteiger partial charge is 0.258 e. The van der Waals surface area contributed by atoms with Gasteiger partial charge in [0.15, 0.2) is 11.6 Å². The highest BCUT2D eigenvalue weighted by Gasteiger charge is 2.21. The Hall–Kier alpha value is -2.44. The highest BCUT2D eigenvalue weighted by molar-refractivity contribution is 6.41. The maximum Gasteiger partial charge on any atom is 0.258 e. The number of para-hydroxylation sites is 2. The lowest BCUT2D eigenvalue weighted by molar-refractivity contribution is 0.102. The third kappa shape index (κ3) is 3.30. The van der Waals surface area contributed by atoms with Crippen molar-refractivity contribution in [3.8, 4) is 0 Å². The molecule has 0 aliphatic carbocycles. The minimum Gasteiger partial charge on any atom is -0.354 e. The van der Waals surface area contributed by atoms with E-state index in [-0.39, 0.29) is 16.1 Å². The lowest BCUT2D eigenvalue weighted by Gasteiger charge is -2.20. The molecular weight excluding hydrogens is 373 g/mol. The number of halogens is 2. The summed E-state index contributed by atoms with van der Waals surface area (Å²) in [5, 5.41) is 3.23. The van der Waals surface area contributed by atoms with Crippen LogP contribution in [-0.2, 0) is 0 Å². The van der Waals surface area contributed by atoms with E-state index in [1.165, 1.54) is 12.3 Å². The first-order chi connectivity index (χ1) is 12.6. The number of amides is 1. The number of anilines is 2. The van der Waals surface area contributed by atoms with Crippen LogP contribution in [0.15, 0.2) is 36.5 Å². The van der Waals surface area contributed by atoms with Gasteiger partial charge in [0.2, 0.25) is 0 Å². The average Bonchev–Trinajstić information content (AvgIpc) is 3.18. The quantitative estimate of drug-likeness (QED) is 0.682. The third-order valence-electron chi connectivity index (χ3n) is 4.25. The highest BCUT2D eigenvalue weighted by atomic mass is 35.5. The average molecular weight is 388 g/mol. The van der Waals surface area contributed by atoms with Gasteiger partial charge < -0.3 is 10.2 Å². The Bertz CT molecular complexity index is 988. The minimum absolute atomic E-state index is 0.159. The molecule has 26 heavy (non-hydrogen) atoms. The summed E-state index contributed by atoms with van der Waals surface area (Å²) in [6.07, 6.45) is 3.57. The molecule has 1 fully saturated rings. The van der Waals surface area contributed by atoms with Crippen molar-refractivity contribution >= 4 is 51.8 Å². The van der Waals surface area contributed by atoms with Crippen molar-refractivity contribution in [2.24, 2.45) is 0 Å². The van der Waals surface area contributed by atoms with Crippen molar-refractivity contribution < 1.29 is 4.79 Å². The second-order valence-corrected chi connectivity index (χ2v) is 6.79. The minimum atomic E-state index is -0.360. The van der Waals surface area contributed by atoms with Gasteiger partial charge in [-0.3, -0.25) is 4.79 Å². The largest absolute Gasteiger partial charge is 0.354 e. The molecule has 1 N–H and O–H groups in total. The van der Waals surface area contributed by atoms with E-state index in [1.54, 1.807) is 0 Å². The summed E-state index contributed by atoms with van der Waals surface area (Å²) in [5.74, 6) is 0.755. The Morgan fingerprint density at radius 2 is 1.77 bits per heavy atom. The maximum atomic E-state index is 12.6. The molecule has 2 aromatic heterocycles. The van der Waals surface area contributed by atoms with Crippen LogP contribution in [-0.4, -0.2) is 33.9 Å². The predicted octanol–water partition coefficient (Wildman–Crippen LogP) is 4.18. The van der Waals surface area contributed by atoms with E-state index in [0.717, 1.165) is 37.0 Å². The summed E-state index contributed by atoms with van der Waals surface area (Å²) in [6.45, 7) is 1.79. The van der Waals surface area contributed by atoms with Crippen molar-refractivity contribution in [3.05, 3.63) is 52.3 Å². The van der Waals surface area contributed by atoms with Crippen LogP contribution in [0.3, 0.4) is 0 Å². The van der Waals surface area contributed by atoms with Gasteiger partial charge in [-0.2, -0.15) is 0 Å². The van der Waals surface area contributed by atoms with Crippen LogP contribution in [0.1, 0.15) is 23.2 Å². The van der Waals surface area contributed by atoms with Gasteiger partial charge in [0.05, 0.1) is 21.6 Å². The monoisotopic (exact) mass is 387 g/mol. The Labute approximate surface area is 160 Å². The number of rotatable bonds is 3.